The lowest BCUT2D eigenvalue weighted by atomic mass is 9.85. The first-order valence-corrected chi connectivity index (χ1v) is 11.6. The molecule has 2 aromatic heterocycles. The minimum atomic E-state index is -1.80. The number of nitrogens with zero attached hydrogens (tertiary/aromatic N) is 2. The average molecular weight is 476 g/mol. The summed E-state index contributed by atoms with van der Waals surface area (Å²) in [5.74, 6) is -1.86. The molecule has 1 unspecified atom stereocenters. The van der Waals surface area contributed by atoms with Crippen LogP contribution in [0.3, 0.4) is 0 Å². The van der Waals surface area contributed by atoms with Gasteiger partial charge >= 0.3 is 11.9 Å². The Morgan fingerprint density at radius 3 is 2.74 bits per heavy atom. The molecule has 4 heterocycles. The molecule has 0 aliphatic carbocycles. The average Bonchev–Trinajstić information content (AvgIpc) is 3.22. The first-order valence-electron chi connectivity index (χ1n) is 11.6. The van der Waals surface area contributed by atoms with Crippen molar-refractivity contribution in [3.63, 3.8) is 0 Å². The zero-order valence-corrected chi connectivity index (χ0v) is 19.7. The number of pyridine rings is 2. The second-order valence-electron chi connectivity index (χ2n) is 8.82. The lowest BCUT2D eigenvalue weighted by Gasteiger charge is -2.36. The van der Waals surface area contributed by atoms with E-state index < -0.39 is 23.6 Å². The van der Waals surface area contributed by atoms with Crippen LogP contribution in [0.5, 0.6) is 0 Å². The molecule has 2 aliphatic rings. The standard InChI is InChI=1S/C26H25N3O6/c1-4-21(30)27-14(3)24(32)35-26(5-2)18-11-20-22-16(10-15-8-6-7-9-19(15)28-22)12-29(20)23(31)17(18)13-34-25(26)33/h6-11,14H,4-5,12-13H2,1-3H3,(H,27,30)/t14?,26-/m0/s1. The smallest absolute Gasteiger partial charge is 0.355 e. The van der Waals surface area contributed by atoms with Gasteiger partial charge in [0.25, 0.3) is 5.56 Å². The van der Waals surface area contributed by atoms with Gasteiger partial charge in [0.1, 0.15) is 12.6 Å². The van der Waals surface area contributed by atoms with E-state index in [4.69, 9.17) is 14.5 Å². The Morgan fingerprint density at radius 2 is 2.00 bits per heavy atom. The highest BCUT2D eigenvalue weighted by Gasteiger charge is 2.51. The quantitative estimate of drug-likeness (QED) is 0.441. The number of hydrogen-bond donors (Lipinski definition) is 1. The van der Waals surface area contributed by atoms with Crippen molar-refractivity contribution in [3.8, 4) is 11.4 Å². The summed E-state index contributed by atoms with van der Waals surface area (Å²) in [6, 6.07) is 10.4. The first-order chi connectivity index (χ1) is 16.8. The second kappa shape index (κ2) is 8.33. The van der Waals surface area contributed by atoms with Crippen LogP contribution in [0.4, 0.5) is 0 Å². The van der Waals surface area contributed by atoms with Crippen LogP contribution in [0.1, 0.15) is 50.3 Å². The van der Waals surface area contributed by atoms with Crippen LogP contribution in [-0.2, 0) is 42.6 Å². The van der Waals surface area contributed by atoms with E-state index in [0.717, 1.165) is 16.5 Å². The minimum Gasteiger partial charge on any atom is -0.457 e. The van der Waals surface area contributed by atoms with Crippen molar-refractivity contribution in [1.82, 2.24) is 14.9 Å². The highest BCUT2D eigenvalue weighted by Crippen LogP contribution is 2.41. The molecular weight excluding hydrogens is 450 g/mol. The SMILES string of the molecule is CCC(=O)NC(C)C(=O)O[C@]1(CC)C(=O)OCc2c1cc1n(c2=O)Cc2cc3ccccc3nc2-1. The Balaban J connectivity index is 1.63. The number of fused-ring (bicyclic) bond motifs is 5. The van der Waals surface area contributed by atoms with Crippen molar-refractivity contribution in [1.29, 1.82) is 0 Å². The molecule has 9 nitrogen and oxygen atoms in total. The van der Waals surface area contributed by atoms with E-state index in [1.165, 1.54) is 6.92 Å². The highest BCUT2D eigenvalue weighted by atomic mass is 16.6. The van der Waals surface area contributed by atoms with Crippen LogP contribution < -0.4 is 10.9 Å². The van der Waals surface area contributed by atoms with Crippen LogP contribution in [0.15, 0.2) is 41.2 Å². The lowest BCUT2D eigenvalue weighted by Crippen LogP contribution is -2.50. The summed E-state index contributed by atoms with van der Waals surface area (Å²) in [4.78, 5) is 56.0. The van der Waals surface area contributed by atoms with Crippen molar-refractivity contribution < 1.29 is 23.9 Å². The number of esters is 2. The predicted molar refractivity (Wildman–Crippen MR) is 126 cm³/mol. The van der Waals surface area contributed by atoms with Crippen molar-refractivity contribution in [2.75, 3.05) is 0 Å². The molecule has 2 atom stereocenters. The van der Waals surface area contributed by atoms with E-state index in [-0.39, 0.29) is 36.5 Å². The minimum absolute atomic E-state index is 0.0555. The maximum atomic E-state index is 13.5. The monoisotopic (exact) mass is 475 g/mol. The molecule has 0 saturated heterocycles. The number of cyclic esters (lactones) is 1. The molecular formula is C26H25N3O6. The Labute approximate surface area is 201 Å². The van der Waals surface area contributed by atoms with Gasteiger partial charge in [-0.25, -0.2) is 14.6 Å². The molecule has 0 radical (unpaired) electrons. The third-order valence-corrected chi connectivity index (χ3v) is 6.71. The third kappa shape index (κ3) is 3.50. The van der Waals surface area contributed by atoms with Crippen molar-refractivity contribution in [3.05, 3.63) is 63.4 Å². The molecule has 1 amide bonds. The number of carbonyl (C=O) groups excluding carboxylic acids is 3. The van der Waals surface area contributed by atoms with Gasteiger partial charge in [0.2, 0.25) is 11.5 Å². The van der Waals surface area contributed by atoms with Crippen molar-refractivity contribution >= 4 is 28.7 Å². The molecule has 1 aromatic carbocycles. The lowest BCUT2D eigenvalue weighted by molar-refractivity contribution is -0.190. The van der Waals surface area contributed by atoms with E-state index in [1.54, 1.807) is 24.5 Å². The highest BCUT2D eigenvalue weighted by molar-refractivity contribution is 5.90. The largest absolute Gasteiger partial charge is 0.457 e. The fourth-order valence-electron chi connectivity index (χ4n) is 4.75. The molecule has 0 bridgehead atoms. The van der Waals surface area contributed by atoms with Crippen molar-refractivity contribution in [2.24, 2.45) is 0 Å². The fourth-order valence-corrected chi connectivity index (χ4v) is 4.75. The van der Waals surface area contributed by atoms with Crippen LogP contribution >= 0.6 is 0 Å². The number of benzene rings is 1. The van der Waals surface area contributed by atoms with E-state index in [1.807, 2.05) is 30.3 Å². The van der Waals surface area contributed by atoms with Gasteiger partial charge in [-0.15, -0.1) is 0 Å². The van der Waals surface area contributed by atoms with Gasteiger partial charge in [0.15, 0.2) is 0 Å². The Hall–Kier alpha value is -4.01. The van der Waals surface area contributed by atoms with Crippen LogP contribution in [0.2, 0.25) is 0 Å². The zero-order valence-electron chi connectivity index (χ0n) is 19.7. The van der Waals surface area contributed by atoms with Gasteiger partial charge in [-0.3, -0.25) is 9.59 Å². The maximum Gasteiger partial charge on any atom is 0.355 e. The molecule has 0 spiro atoms. The Kier molecular flexibility index (Phi) is 5.42. The van der Waals surface area contributed by atoms with E-state index >= 15 is 0 Å². The first kappa shape index (κ1) is 22.8. The Morgan fingerprint density at radius 1 is 1.23 bits per heavy atom. The molecule has 3 aromatic rings. The summed E-state index contributed by atoms with van der Waals surface area (Å²) >= 11 is 0. The number of amides is 1. The van der Waals surface area contributed by atoms with Gasteiger partial charge in [0, 0.05) is 22.9 Å². The fraction of sp³-hybridized carbons (Fsp3) is 0.346. The van der Waals surface area contributed by atoms with Crippen LogP contribution in [0, 0.1) is 0 Å². The molecule has 35 heavy (non-hydrogen) atoms. The van der Waals surface area contributed by atoms with Gasteiger partial charge in [-0.2, -0.15) is 0 Å². The third-order valence-electron chi connectivity index (χ3n) is 6.71. The number of hydrogen-bond acceptors (Lipinski definition) is 7. The molecule has 2 aliphatic heterocycles. The topological polar surface area (TPSA) is 117 Å². The summed E-state index contributed by atoms with van der Waals surface area (Å²) in [6.07, 6.45) is 0.255. The zero-order chi connectivity index (χ0) is 24.9. The van der Waals surface area contributed by atoms with Crippen molar-refractivity contribution in [2.45, 2.75) is 58.4 Å². The maximum absolute atomic E-state index is 13.5. The van der Waals surface area contributed by atoms with Gasteiger partial charge < -0.3 is 19.4 Å². The number of ether oxygens (including phenoxy) is 2. The normalized spacial score (nSPS) is 18.8. The van der Waals surface area contributed by atoms with E-state index in [2.05, 4.69) is 5.32 Å². The molecule has 5 rings (SSSR count). The summed E-state index contributed by atoms with van der Waals surface area (Å²) in [6.45, 7) is 4.97. The van der Waals surface area contributed by atoms with Gasteiger partial charge in [-0.05, 0) is 31.5 Å². The van der Waals surface area contributed by atoms with Crippen LogP contribution in [0.25, 0.3) is 22.3 Å². The molecule has 9 heteroatoms. The summed E-state index contributed by atoms with van der Waals surface area (Å²) in [5.41, 5.74) is 1.36. The van der Waals surface area contributed by atoms with E-state index in [0.29, 0.717) is 23.5 Å². The molecule has 0 saturated carbocycles. The number of aromatic nitrogens is 2. The van der Waals surface area contributed by atoms with Gasteiger partial charge in [-0.1, -0.05) is 32.0 Å². The predicted octanol–water partition coefficient (Wildman–Crippen LogP) is 2.55. The molecule has 180 valence electrons. The molecule has 1 N–H and O–H groups in total. The summed E-state index contributed by atoms with van der Waals surface area (Å²) in [7, 11) is 0. The van der Waals surface area contributed by atoms with Gasteiger partial charge in [0.05, 0.1) is 29.0 Å². The second-order valence-corrected chi connectivity index (χ2v) is 8.82. The number of carbonyl (C=O) groups is 3. The summed E-state index contributed by atoms with van der Waals surface area (Å²) < 4.78 is 12.7. The van der Waals surface area contributed by atoms with E-state index in [9.17, 15) is 19.2 Å². The molecule has 0 fully saturated rings. The van der Waals surface area contributed by atoms with Crippen LogP contribution in [-0.4, -0.2) is 33.4 Å². The Bertz CT molecular complexity index is 1460. The number of nitrogens with one attached hydrogen (secondary N) is 1. The summed E-state index contributed by atoms with van der Waals surface area (Å²) in [5, 5.41) is 3.51. The number of para-hydroxylation sites is 1. The number of rotatable bonds is 5.